The SMILES string of the molecule is O=[C]C(=Cc1ccccc1)C(=O)C1CCCC=N1. The topological polar surface area (TPSA) is 46.5 Å². The van der Waals surface area contributed by atoms with Crippen molar-refractivity contribution in [2.24, 2.45) is 4.99 Å². The summed E-state index contributed by atoms with van der Waals surface area (Å²) in [5, 5.41) is 0. The van der Waals surface area contributed by atoms with Gasteiger partial charge < -0.3 is 0 Å². The van der Waals surface area contributed by atoms with Gasteiger partial charge in [0.05, 0.1) is 5.57 Å². The molecule has 3 heteroatoms. The van der Waals surface area contributed by atoms with E-state index in [-0.39, 0.29) is 11.4 Å². The largest absolute Gasteiger partial charge is 0.292 e. The van der Waals surface area contributed by atoms with Gasteiger partial charge in [0.1, 0.15) is 6.04 Å². The average molecular weight is 240 g/mol. The maximum absolute atomic E-state index is 12.1. The second kappa shape index (κ2) is 6.05. The molecule has 0 bridgehead atoms. The zero-order valence-electron chi connectivity index (χ0n) is 10.0. The first kappa shape index (κ1) is 12.4. The maximum atomic E-state index is 12.1. The van der Waals surface area contributed by atoms with Gasteiger partial charge in [0.2, 0.25) is 6.29 Å². The number of carbonyl (C=O) groups is 1. The van der Waals surface area contributed by atoms with Gasteiger partial charge >= 0.3 is 0 Å². The fraction of sp³-hybridized carbons (Fsp3) is 0.267. The normalized spacial score (nSPS) is 19.6. The summed E-state index contributed by atoms with van der Waals surface area (Å²) in [6.45, 7) is 0. The van der Waals surface area contributed by atoms with Crippen LogP contribution in [-0.4, -0.2) is 24.3 Å². The Balaban J connectivity index is 2.20. The zero-order chi connectivity index (χ0) is 12.8. The van der Waals surface area contributed by atoms with Crippen molar-refractivity contribution in [3.8, 4) is 0 Å². The molecule has 0 aliphatic carbocycles. The van der Waals surface area contributed by atoms with Crippen LogP contribution in [0.1, 0.15) is 24.8 Å². The van der Waals surface area contributed by atoms with Crippen molar-refractivity contribution in [1.29, 1.82) is 0 Å². The number of aliphatic imine (C=N–C) groups is 1. The molecule has 0 saturated carbocycles. The molecule has 1 radical (unpaired) electrons. The molecule has 1 heterocycles. The van der Waals surface area contributed by atoms with E-state index in [9.17, 15) is 9.59 Å². The van der Waals surface area contributed by atoms with E-state index in [4.69, 9.17) is 0 Å². The van der Waals surface area contributed by atoms with Crippen molar-refractivity contribution >= 4 is 24.4 Å². The summed E-state index contributed by atoms with van der Waals surface area (Å²) in [5.74, 6) is -0.232. The average Bonchev–Trinajstić information content (AvgIpc) is 2.46. The molecule has 0 aromatic heterocycles. The number of carbonyl (C=O) groups excluding carboxylic acids is 2. The highest BCUT2D eigenvalue weighted by Gasteiger charge is 2.22. The van der Waals surface area contributed by atoms with Crippen molar-refractivity contribution in [2.45, 2.75) is 25.3 Å². The van der Waals surface area contributed by atoms with Gasteiger partial charge in [-0.1, -0.05) is 30.3 Å². The Morgan fingerprint density at radius 1 is 1.33 bits per heavy atom. The predicted octanol–water partition coefficient (Wildman–Crippen LogP) is 2.37. The molecular formula is C15H14NO2. The number of benzene rings is 1. The molecule has 0 amide bonds. The fourth-order valence-electron chi connectivity index (χ4n) is 1.92. The van der Waals surface area contributed by atoms with Gasteiger partial charge in [0, 0.05) is 0 Å². The Bertz CT molecular complexity index is 488. The van der Waals surface area contributed by atoms with Crippen molar-refractivity contribution in [1.82, 2.24) is 0 Å². The van der Waals surface area contributed by atoms with E-state index in [0.29, 0.717) is 6.42 Å². The molecule has 1 aromatic carbocycles. The monoisotopic (exact) mass is 240 g/mol. The third-order valence-electron chi connectivity index (χ3n) is 2.88. The van der Waals surface area contributed by atoms with E-state index in [0.717, 1.165) is 18.4 Å². The van der Waals surface area contributed by atoms with Crippen LogP contribution >= 0.6 is 0 Å². The van der Waals surface area contributed by atoms with Gasteiger partial charge in [0.25, 0.3) is 0 Å². The van der Waals surface area contributed by atoms with Crippen LogP contribution in [0.5, 0.6) is 0 Å². The summed E-state index contributed by atoms with van der Waals surface area (Å²) in [7, 11) is 0. The predicted molar refractivity (Wildman–Crippen MR) is 71.3 cm³/mol. The summed E-state index contributed by atoms with van der Waals surface area (Å²) in [5.41, 5.74) is 0.897. The molecule has 1 unspecified atom stereocenters. The second-order valence-corrected chi connectivity index (χ2v) is 4.21. The Kier molecular flexibility index (Phi) is 4.18. The van der Waals surface area contributed by atoms with Crippen LogP contribution in [0, 0.1) is 0 Å². The smallest absolute Gasteiger partial charge is 0.237 e. The molecule has 91 valence electrons. The molecular weight excluding hydrogens is 226 g/mol. The molecule has 18 heavy (non-hydrogen) atoms. The lowest BCUT2D eigenvalue weighted by Crippen LogP contribution is -2.23. The number of rotatable bonds is 4. The minimum atomic E-state index is -0.407. The van der Waals surface area contributed by atoms with Gasteiger partial charge in [-0.3, -0.25) is 14.6 Å². The van der Waals surface area contributed by atoms with Gasteiger partial charge in [-0.05, 0) is 37.1 Å². The number of hydrogen-bond acceptors (Lipinski definition) is 3. The van der Waals surface area contributed by atoms with Gasteiger partial charge in [-0.15, -0.1) is 0 Å². The summed E-state index contributed by atoms with van der Waals surface area (Å²) in [6.07, 6.45) is 7.63. The van der Waals surface area contributed by atoms with E-state index < -0.39 is 6.04 Å². The summed E-state index contributed by atoms with van der Waals surface area (Å²) >= 11 is 0. The fourth-order valence-corrected chi connectivity index (χ4v) is 1.92. The van der Waals surface area contributed by atoms with Crippen molar-refractivity contribution < 1.29 is 9.59 Å². The summed E-state index contributed by atoms with van der Waals surface area (Å²) in [4.78, 5) is 27.2. The lowest BCUT2D eigenvalue weighted by atomic mass is 9.97. The summed E-state index contributed by atoms with van der Waals surface area (Å²) in [6, 6.07) is 8.88. The summed E-state index contributed by atoms with van der Waals surface area (Å²) < 4.78 is 0. The molecule has 0 saturated heterocycles. The molecule has 0 N–H and O–H groups in total. The van der Waals surface area contributed by atoms with Crippen LogP contribution in [0.15, 0.2) is 40.9 Å². The second-order valence-electron chi connectivity index (χ2n) is 4.21. The molecule has 1 aromatic rings. The number of ketones is 1. The van der Waals surface area contributed by atoms with Crippen LogP contribution in [-0.2, 0) is 9.59 Å². The number of Topliss-reactive ketones (excluding diaryl/α,β-unsaturated/α-hetero) is 1. The molecule has 3 nitrogen and oxygen atoms in total. The first-order valence-electron chi connectivity index (χ1n) is 6.02. The van der Waals surface area contributed by atoms with Crippen LogP contribution < -0.4 is 0 Å². The lowest BCUT2D eigenvalue weighted by molar-refractivity contribution is -0.116. The van der Waals surface area contributed by atoms with Crippen LogP contribution in [0.3, 0.4) is 0 Å². The highest BCUT2D eigenvalue weighted by atomic mass is 16.1. The molecule has 1 atom stereocenters. The van der Waals surface area contributed by atoms with E-state index in [2.05, 4.69) is 4.99 Å². The van der Waals surface area contributed by atoms with Crippen molar-refractivity contribution in [2.75, 3.05) is 0 Å². The minimum absolute atomic E-state index is 0.0743. The number of nitrogens with zero attached hydrogens (tertiary/aromatic N) is 1. The first-order valence-corrected chi connectivity index (χ1v) is 6.02. The zero-order valence-corrected chi connectivity index (χ0v) is 10.0. The van der Waals surface area contributed by atoms with Crippen LogP contribution in [0.25, 0.3) is 6.08 Å². The standard InChI is InChI=1S/C15H14NO2/c17-11-13(10-12-6-2-1-3-7-12)15(18)14-8-4-5-9-16-14/h1-3,6-7,9-10,14H,4-5,8H2. The van der Waals surface area contributed by atoms with Crippen LogP contribution in [0.2, 0.25) is 0 Å². The Morgan fingerprint density at radius 2 is 2.11 bits per heavy atom. The number of hydrogen-bond donors (Lipinski definition) is 0. The van der Waals surface area contributed by atoms with Gasteiger partial charge in [0.15, 0.2) is 5.78 Å². The van der Waals surface area contributed by atoms with Gasteiger partial charge in [-0.2, -0.15) is 0 Å². The van der Waals surface area contributed by atoms with E-state index in [1.54, 1.807) is 18.6 Å². The molecule has 0 fully saturated rings. The lowest BCUT2D eigenvalue weighted by Gasteiger charge is -2.13. The molecule has 1 aliphatic heterocycles. The van der Waals surface area contributed by atoms with E-state index >= 15 is 0 Å². The third-order valence-corrected chi connectivity index (χ3v) is 2.88. The van der Waals surface area contributed by atoms with Gasteiger partial charge in [-0.25, -0.2) is 0 Å². The quantitative estimate of drug-likeness (QED) is 0.461. The Hall–Kier alpha value is -2.03. The highest BCUT2D eigenvalue weighted by molar-refractivity contribution is 6.18. The van der Waals surface area contributed by atoms with E-state index in [1.807, 2.05) is 30.3 Å². The molecule has 1 aliphatic rings. The van der Waals surface area contributed by atoms with Crippen LogP contribution in [0.4, 0.5) is 0 Å². The van der Waals surface area contributed by atoms with Crippen molar-refractivity contribution in [3.05, 3.63) is 41.5 Å². The highest BCUT2D eigenvalue weighted by Crippen LogP contribution is 2.15. The Morgan fingerprint density at radius 3 is 2.72 bits per heavy atom. The van der Waals surface area contributed by atoms with E-state index in [1.165, 1.54) is 0 Å². The first-order chi connectivity index (χ1) is 8.81. The maximum Gasteiger partial charge on any atom is 0.237 e. The van der Waals surface area contributed by atoms with Crippen molar-refractivity contribution in [3.63, 3.8) is 0 Å². The minimum Gasteiger partial charge on any atom is -0.292 e. The molecule has 2 rings (SSSR count). The third kappa shape index (κ3) is 3.00. The Labute approximate surface area is 106 Å². The molecule has 0 spiro atoms.